The van der Waals surface area contributed by atoms with Gasteiger partial charge in [0.1, 0.15) is 6.07 Å². The maximum absolute atomic E-state index is 14.2. The zero-order chi connectivity index (χ0) is 17.9. The molecule has 0 aliphatic rings. The summed E-state index contributed by atoms with van der Waals surface area (Å²) in [4.78, 5) is 11.9. The summed E-state index contributed by atoms with van der Waals surface area (Å²) in [7, 11) is 1.20. The van der Waals surface area contributed by atoms with Gasteiger partial charge >= 0.3 is 5.97 Å². The van der Waals surface area contributed by atoms with Crippen LogP contribution in [0.4, 0.5) is 10.1 Å². The molecule has 0 saturated heterocycles. The summed E-state index contributed by atoms with van der Waals surface area (Å²) in [6, 6.07) is 6.15. The number of nitrogens with zero attached hydrogens (tertiary/aromatic N) is 2. The topological polar surface area (TPSA) is 90.3 Å². The van der Waals surface area contributed by atoms with Crippen molar-refractivity contribution in [2.24, 2.45) is 5.92 Å². The molecule has 24 heavy (non-hydrogen) atoms. The Hall–Kier alpha value is -3.01. The molecule has 0 fully saturated rings. The Balaban J connectivity index is 2.47. The molecule has 0 atom stereocenters. The van der Waals surface area contributed by atoms with Crippen LogP contribution in [0.5, 0.6) is 5.75 Å². The Morgan fingerprint density at radius 2 is 2.17 bits per heavy atom. The number of esters is 1. The van der Waals surface area contributed by atoms with Crippen LogP contribution in [-0.2, 0) is 4.74 Å². The Morgan fingerprint density at radius 1 is 1.46 bits per heavy atom. The fourth-order valence-electron chi connectivity index (χ4n) is 2.13. The van der Waals surface area contributed by atoms with E-state index in [1.165, 1.54) is 30.0 Å². The first kappa shape index (κ1) is 17.3. The first-order valence-corrected chi connectivity index (χ1v) is 7.31. The van der Waals surface area contributed by atoms with Gasteiger partial charge in [-0.25, -0.2) is 9.18 Å². The van der Waals surface area contributed by atoms with Crippen LogP contribution in [0.2, 0.25) is 0 Å². The van der Waals surface area contributed by atoms with Crippen LogP contribution in [-0.4, -0.2) is 24.3 Å². The zero-order valence-electron chi connectivity index (χ0n) is 13.7. The SMILES string of the molecule is COC(=O)c1c(N)c(C#N)cn1-c1ccc(OCC(C)C)c(F)c1. The number of carbonyl (C=O) groups excluding carboxylic acids is 1. The van der Waals surface area contributed by atoms with E-state index in [0.29, 0.717) is 12.3 Å². The van der Waals surface area contributed by atoms with Crippen LogP contribution in [0.3, 0.4) is 0 Å². The van der Waals surface area contributed by atoms with Gasteiger partial charge in [0, 0.05) is 18.0 Å². The van der Waals surface area contributed by atoms with Crippen molar-refractivity contribution in [3.05, 3.63) is 41.5 Å². The first-order chi connectivity index (χ1) is 11.4. The van der Waals surface area contributed by atoms with Crippen molar-refractivity contribution in [1.82, 2.24) is 4.57 Å². The molecule has 0 aliphatic heterocycles. The number of nitrogen functional groups attached to an aromatic ring is 1. The van der Waals surface area contributed by atoms with Gasteiger partial charge in [-0.05, 0) is 18.1 Å². The summed E-state index contributed by atoms with van der Waals surface area (Å²) in [5.74, 6) is -0.908. The second-order valence-corrected chi connectivity index (χ2v) is 5.60. The second kappa shape index (κ2) is 7.04. The van der Waals surface area contributed by atoms with Crippen molar-refractivity contribution in [2.75, 3.05) is 19.5 Å². The standard InChI is InChI=1S/C17H18FN3O3/c1-10(2)9-24-14-5-4-12(6-13(14)18)21-8-11(7-19)15(20)16(21)17(22)23-3/h4-6,8,10H,9,20H2,1-3H3. The maximum atomic E-state index is 14.2. The summed E-state index contributed by atoms with van der Waals surface area (Å²) in [6.45, 7) is 4.31. The summed E-state index contributed by atoms with van der Waals surface area (Å²) in [6.07, 6.45) is 1.37. The number of benzene rings is 1. The number of aromatic nitrogens is 1. The average molecular weight is 331 g/mol. The molecular weight excluding hydrogens is 313 g/mol. The molecular formula is C17H18FN3O3. The van der Waals surface area contributed by atoms with Crippen molar-refractivity contribution in [2.45, 2.75) is 13.8 Å². The molecule has 0 aliphatic carbocycles. The van der Waals surface area contributed by atoms with E-state index >= 15 is 0 Å². The first-order valence-electron chi connectivity index (χ1n) is 7.31. The van der Waals surface area contributed by atoms with Gasteiger partial charge in [0.2, 0.25) is 0 Å². The Labute approximate surface area is 139 Å². The minimum absolute atomic E-state index is 0.00936. The number of methoxy groups -OCH3 is 1. The summed E-state index contributed by atoms with van der Waals surface area (Å²) >= 11 is 0. The third-order valence-corrected chi connectivity index (χ3v) is 3.31. The predicted octanol–water partition coefficient (Wildman–Crippen LogP) is 2.89. The van der Waals surface area contributed by atoms with E-state index in [1.807, 2.05) is 19.9 Å². The van der Waals surface area contributed by atoms with Gasteiger partial charge in [-0.2, -0.15) is 5.26 Å². The summed E-state index contributed by atoms with van der Waals surface area (Å²) < 4.78 is 25.6. The normalized spacial score (nSPS) is 10.5. The van der Waals surface area contributed by atoms with Gasteiger partial charge in [-0.15, -0.1) is 0 Å². The van der Waals surface area contributed by atoms with E-state index in [1.54, 1.807) is 6.07 Å². The molecule has 0 spiro atoms. The fourth-order valence-corrected chi connectivity index (χ4v) is 2.13. The zero-order valence-corrected chi connectivity index (χ0v) is 13.7. The highest BCUT2D eigenvalue weighted by molar-refractivity contribution is 5.95. The molecule has 0 radical (unpaired) electrons. The van der Waals surface area contributed by atoms with E-state index in [9.17, 15) is 9.18 Å². The molecule has 0 unspecified atom stereocenters. The van der Waals surface area contributed by atoms with Crippen molar-refractivity contribution < 1.29 is 18.7 Å². The molecule has 1 aromatic carbocycles. The largest absolute Gasteiger partial charge is 0.490 e. The lowest BCUT2D eigenvalue weighted by Crippen LogP contribution is -2.11. The number of anilines is 1. The third kappa shape index (κ3) is 3.33. The van der Waals surface area contributed by atoms with Gasteiger partial charge in [0.25, 0.3) is 0 Å². The molecule has 126 valence electrons. The number of carbonyl (C=O) groups is 1. The Bertz CT molecular complexity index is 806. The molecule has 2 aromatic rings. The van der Waals surface area contributed by atoms with Crippen LogP contribution in [0.15, 0.2) is 24.4 Å². The monoisotopic (exact) mass is 331 g/mol. The van der Waals surface area contributed by atoms with Crippen LogP contribution in [0, 0.1) is 23.1 Å². The minimum Gasteiger partial charge on any atom is -0.490 e. The fraction of sp³-hybridized carbons (Fsp3) is 0.294. The molecule has 2 rings (SSSR count). The summed E-state index contributed by atoms with van der Waals surface area (Å²) in [5.41, 5.74) is 6.22. The van der Waals surface area contributed by atoms with Crippen LogP contribution in [0.1, 0.15) is 29.9 Å². The number of ether oxygens (including phenoxy) is 2. The third-order valence-electron chi connectivity index (χ3n) is 3.31. The van der Waals surface area contributed by atoms with E-state index in [4.69, 9.17) is 15.7 Å². The molecule has 0 saturated carbocycles. The molecule has 0 bridgehead atoms. The van der Waals surface area contributed by atoms with E-state index in [2.05, 4.69) is 4.74 Å². The second-order valence-electron chi connectivity index (χ2n) is 5.60. The molecule has 7 heteroatoms. The van der Waals surface area contributed by atoms with E-state index in [-0.39, 0.29) is 28.6 Å². The van der Waals surface area contributed by atoms with Crippen LogP contribution >= 0.6 is 0 Å². The number of hydrogen-bond donors (Lipinski definition) is 1. The van der Waals surface area contributed by atoms with Crippen molar-refractivity contribution in [1.29, 1.82) is 5.26 Å². The van der Waals surface area contributed by atoms with E-state index < -0.39 is 11.8 Å². The highest BCUT2D eigenvalue weighted by Crippen LogP contribution is 2.27. The molecule has 1 heterocycles. The molecule has 2 N–H and O–H groups in total. The number of nitrogens with two attached hydrogens (primary N) is 1. The lowest BCUT2D eigenvalue weighted by Gasteiger charge is -2.12. The van der Waals surface area contributed by atoms with Crippen molar-refractivity contribution in [3.63, 3.8) is 0 Å². The Kier molecular flexibility index (Phi) is 5.09. The Morgan fingerprint density at radius 3 is 2.71 bits per heavy atom. The highest BCUT2D eigenvalue weighted by Gasteiger charge is 2.22. The molecule has 0 amide bonds. The van der Waals surface area contributed by atoms with E-state index in [0.717, 1.165) is 0 Å². The van der Waals surface area contributed by atoms with Crippen molar-refractivity contribution >= 4 is 11.7 Å². The van der Waals surface area contributed by atoms with Gasteiger partial charge in [-0.1, -0.05) is 13.8 Å². The number of hydrogen-bond acceptors (Lipinski definition) is 5. The summed E-state index contributed by atoms with van der Waals surface area (Å²) in [5, 5.41) is 9.09. The molecule has 6 nitrogen and oxygen atoms in total. The van der Waals surface area contributed by atoms with Crippen LogP contribution < -0.4 is 10.5 Å². The van der Waals surface area contributed by atoms with Gasteiger partial charge < -0.3 is 19.8 Å². The lowest BCUT2D eigenvalue weighted by atomic mass is 10.2. The quantitative estimate of drug-likeness (QED) is 0.851. The number of nitriles is 1. The highest BCUT2D eigenvalue weighted by atomic mass is 19.1. The average Bonchev–Trinajstić information content (AvgIpc) is 2.89. The van der Waals surface area contributed by atoms with Gasteiger partial charge in [0.05, 0.1) is 25.0 Å². The van der Waals surface area contributed by atoms with Crippen molar-refractivity contribution in [3.8, 4) is 17.5 Å². The molecule has 1 aromatic heterocycles. The van der Waals surface area contributed by atoms with Crippen LogP contribution in [0.25, 0.3) is 5.69 Å². The van der Waals surface area contributed by atoms with Gasteiger partial charge in [0.15, 0.2) is 17.3 Å². The minimum atomic E-state index is -0.713. The lowest BCUT2D eigenvalue weighted by molar-refractivity contribution is 0.0593. The number of halogens is 1. The number of rotatable bonds is 5. The smallest absolute Gasteiger partial charge is 0.357 e. The predicted molar refractivity (Wildman–Crippen MR) is 86.5 cm³/mol. The maximum Gasteiger partial charge on any atom is 0.357 e. The van der Waals surface area contributed by atoms with Gasteiger partial charge in [-0.3, -0.25) is 0 Å².